The topological polar surface area (TPSA) is 0 Å². The average Bonchev–Trinajstić information content (AvgIpc) is 2.70. The summed E-state index contributed by atoms with van der Waals surface area (Å²) in [5.74, 6) is 0. The summed E-state index contributed by atoms with van der Waals surface area (Å²) in [5.41, 5.74) is 7.42. The summed E-state index contributed by atoms with van der Waals surface area (Å²) >= 11 is 0. The first-order valence-corrected chi connectivity index (χ1v) is 8.54. The van der Waals surface area contributed by atoms with Gasteiger partial charge in [-0.05, 0) is 22.3 Å². The average molecular weight is 317 g/mol. The third kappa shape index (κ3) is 3.72. The Morgan fingerprint density at radius 3 is 1.52 bits per heavy atom. The number of hydrogen-bond acceptors (Lipinski definition) is 0. The van der Waals surface area contributed by atoms with Gasteiger partial charge in [-0.3, -0.25) is 0 Å². The molecule has 117 valence electrons. The molecule has 1 radical (unpaired) electrons. The zero-order valence-electron chi connectivity index (χ0n) is 14.0. The van der Waals surface area contributed by atoms with Crippen LogP contribution in [0.1, 0.15) is 0 Å². The van der Waals surface area contributed by atoms with Gasteiger partial charge < -0.3 is 0 Å². The molecule has 0 aliphatic carbocycles. The molecule has 4 rings (SSSR count). The molecule has 4 aromatic rings. The molecular formula is C24H18B. The highest BCUT2D eigenvalue weighted by Crippen LogP contribution is 2.18. The molecule has 25 heavy (non-hydrogen) atoms. The molecule has 0 spiro atoms. The van der Waals surface area contributed by atoms with Crippen LogP contribution in [0.5, 0.6) is 0 Å². The van der Waals surface area contributed by atoms with Gasteiger partial charge in [0.1, 0.15) is 0 Å². The van der Waals surface area contributed by atoms with E-state index in [0.717, 1.165) is 0 Å². The second-order valence-corrected chi connectivity index (χ2v) is 6.12. The molecule has 0 heterocycles. The normalized spacial score (nSPS) is 10.4. The standard InChI is InChI=1S/C24H18B/c1-3-8-19(9-4-1)21-14-16-23(17-15-21)25-24-13-7-12-22(18-24)20-10-5-2-6-11-20/h1-18H. The van der Waals surface area contributed by atoms with E-state index in [2.05, 4.69) is 104 Å². The van der Waals surface area contributed by atoms with Crippen LogP contribution in [0.2, 0.25) is 0 Å². The molecule has 0 N–H and O–H groups in total. The molecular weight excluding hydrogens is 299 g/mol. The van der Waals surface area contributed by atoms with Crippen LogP contribution in [0.15, 0.2) is 109 Å². The van der Waals surface area contributed by atoms with Crippen molar-refractivity contribution in [1.29, 1.82) is 0 Å². The van der Waals surface area contributed by atoms with E-state index in [4.69, 9.17) is 0 Å². The van der Waals surface area contributed by atoms with E-state index in [-0.39, 0.29) is 0 Å². The van der Waals surface area contributed by atoms with Crippen LogP contribution >= 0.6 is 0 Å². The second kappa shape index (κ2) is 7.23. The summed E-state index contributed by atoms with van der Waals surface area (Å²) in [4.78, 5) is 0. The molecule has 0 unspecified atom stereocenters. The molecule has 1 heteroatoms. The van der Waals surface area contributed by atoms with E-state index < -0.39 is 0 Å². The Labute approximate surface area is 150 Å². The Morgan fingerprint density at radius 1 is 0.360 bits per heavy atom. The highest BCUT2D eigenvalue weighted by atomic mass is 14.0. The smallest absolute Gasteiger partial charge is 0.0814 e. The molecule has 4 aromatic carbocycles. The van der Waals surface area contributed by atoms with Gasteiger partial charge in [-0.2, -0.15) is 0 Å². The molecule has 0 aromatic heterocycles. The first-order chi connectivity index (χ1) is 12.4. The number of hydrogen-bond donors (Lipinski definition) is 0. The third-order valence-electron chi connectivity index (χ3n) is 4.34. The van der Waals surface area contributed by atoms with Gasteiger partial charge in [0.05, 0.1) is 0 Å². The lowest BCUT2D eigenvalue weighted by molar-refractivity contribution is 1.63. The van der Waals surface area contributed by atoms with Crippen molar-refractivity contribution in [2.45, 2.75) is 0 Å². The van der Waals surface area contributed by atoms with Gasteiger partial charge in [-0.25, -0.2) is 0 Å². The molecule has 0 saturated carbocycles. The summed E-state index contributed by atoms with van der Waals surface area (Å²) in [5, 5.41) is 0. The Balaban J connectivity index is 1.55. The number of rotatable bonds is 4. The summed E-state index contributed by atoms with van der Waals surface area (Å²) in [6.45, 7) is 0. The quantitative estimate of drug-likeness (QED) is 0.480. The van der Waals surface area contributed by atoms with Crippen molar-refractivity contribution in [3.63, 3.8) is 0 Å². The molecule has 0 bridgehead atoms. The summed E-state index contributed by atoms with van der Waals surface area (Å²) in [6, 6.07) is 38.4. The summed E-state index contributed by atoms with van der Waals surface area (Å²) in [7, 11) is 2.22. The van der Waals surface area contributed by atoms with Crippen LogP contribution in [-0.2, 0) is 0 Å². The van der Waals surface area contributed by atoms with Gasteiger partial charge in [-0.15, -0.1) is 0 Å². The van der Waals surface area contributed by atoms with Gasteiger partial charge in [-0.1, -0.05) is 120 Å². The van der Waals surface area contributed by atoms with Crippen LogP contribution in [-0.4, -0.2) is 7.28 Å². The highest BCUT2D eigenvalue weighted by molar-refractivity contribution is 6.67. The van der Waals surface area contributed by atoms with Gasteiger partial charge in [0.2, 0.25) is 0 Å². The lowest BCUT2D eigenvalue weighted by Gasteiger charge is -2.07. The van der Waals surface area contributed by atoms with Crippen LogP contribution in [0.4, 0.5) is 0 Å². The largest absolute Gasteiger partial charge is 0.191 e. The second-order valence-electron chi connectivity index (χ2n) is 6.12. The zero-order chi connectivity index (χ0) is 16.9. The Hall–Kier alpha value is -3.06. The van der Waals surface area contributed by atoms with E-state index in [1.807, 2.05) is 12.1 Å². The summed E-state index contributed by atoms with van der Waals surface area (Å²) < 4.78 is 0. The number of benzene rings is 4. The molecule has 0 fully saturated rings. The van der Waals surface area contributed by atoms with Crippen LogP contribution in [0.3, 0.4) is 0 Å². The monoisotopic (exact) mass is 317 g/mol. The first kappa shape index (κ1) is 15.5. The molecule has 0 nitrogen and oxygen atoms in total. The predicted molar refractivity (Wildman–Crippen MR) is 109 cm³/mol. The van der Waals surface area contributed by atoms with Crippen LogP contribution < -0.4 is 10.9 Å². The molecule has 0 amide bonds. The molecule has 0 aliphatic rings. The molecule has 0 saturated heterocycles. The lowest BCUT2D eigenvalue weighted by atomic mass is 9.63. The Bertz CT molecular complexity index is 942. The van der Waals surface area contributed by atoms with E-state index >= 15 is 0 Å². The van der Waals surface area contributed by atoms with Crippen molar-refractivity contribution < 1.29 is 0 Å². The Morgan fingerprint density at radius 2 is 0.880 bits per heavy atom. The Kier molecular flexibility index (Phi) is 4.47. The van der Waals surface area contributed by atoms with Crippen molar-refractivity contribution in [3.8, 4) is 22.3 Å². The van der Waals surface area contributed by atoms with E-state index in [0.29, 0.717) is 0 Å². The van der Waals surface area contributed by atoms with Crippen molar-refractivity contribution in [3.05, 3.63) is 109 Å². The SMILES string of the molecule is [B](c1ccc(-c2ccccc2)cc1)c1cccc(-c2ccccc2)c1. The van der Waals surface area contributed by atoms with E-state index in [1.54, 1.807) is 0 Å². The lowest BCUT2D eigenvalue weighted by Crippen LogP contribution is -2.26. The first-order valence-electron chi connectivity index (χ1n) is 8.54. The van der Waals surface area contributed by atoms with Crippen LogP contribution in [0, 0.1) is 0 Å². The molecule has 0 atom stereocenters. The third-order valence-corrected chi connectivity index (χ3v) is 4.34. The van der Waals surface area contributed by atoms with Crippen LogP contribution in [0.25, 0.3) is 22.3 Å². The molecule has 0 aliphatic heterocycles. The van der Waals surface area contributed by atoms with Crippen molar-refractivity contribution in [2.24, 2.45) is 0 Å². The zero-order valence-corrected chi connectivity index (χ0v) is 14.0. The minimum Gasteiger partial charge on any atom is -0.0814 e. The van der Waals surface area contributed by atoms with Gasteiger partial charge in [0.25, 0.3) is 0 Å². The summed E-state index contributed by atoms with van der Waals surface area (Å²) in [6.07, 6.45) is 0. The van der Waals surface area contributed by atoms with E-state index in [1.165, 1.54) is 33.2 Å². The van der Waals surface area contributed by atoms with Crippen molar-refractivity contribution in [2.75, 3.05) is 0 Å². The van der Waals surface area contributed by atoms with Gasteiger partial charge in [0.15, 0.2) is 7.28 Å². The van der Waals surface area contributed by atoms with Gasteiger partial charge >= 0.3 is 0 Å². The highest BCUT2D eigenvalue weighted by Gasteiger charge is 2.03. The van der Waals surface area contributed by atoms with Crippen molar-refractivity contribution in [1.82, 2.24) is 0 Å². The van der Waals surface area contributed by atoms with Crippen molar-refractivity contribution >= 4 is 18.2 Å². The fraction of sp³-hybridized carbons (Fsp3) is 0. The minimum atomic E-state index is 1.21. The minimum absolute atomic E-state index is 1.21. The fourth-order valence-electron chi connectivity index (χ4n) is 3.03. The predicted octanol–water partition coefficient (Wildman–Crippen LogP) is 4.68. The maximum atomic E-state index is 2.24. The maximum Gasteiger partial charge on any atom is 0.191 e. The fourth-order valence-corrected chi connectivity index (χ4v) is 3.03. The van der Waals surface area contributed by atoms with Gasteiger partial charge in [0, 0.05) is 0 Å². The maximum absolute atomic E-state index is 2.24. The van der Waals surface area contributed by atoms with E-state index in [9.17, 15) is 0 Å².